The molecule has 4 heteroatoms. The highest BCUT2D eigenvalue weighted by molar-refractivity contribution is 5.91. The number of aldehydes is 1. The van der Waals surface area contributed by atoms with E-state index in [0.717, 1.165) is 0 Å². The topological polar surface area (TPSA) is 63.6 Å². The number of fused-ring (bicyclic) bond motifs is 1. The first-order chi connectivity index (χ1) is 8.85. The van der Waals surface area contributed by atoms with Crippen LogP contribution >= 0.6 is 0 Å². The van der Waals surface area contributed by atoms with Crippen LogP contribution < -0.4 is 0 Å². The molecule has 2 rings (SSSR count). The van der Waals surface area contributed by atoms with Gasteiger partial charge in [0.15, 0.2) is 0 Å². The third-order valence-electron chi connectivity index (χ3n) is 4.38. The second kappa shape index (κ2) is 4.46. The van der Waals surface area contributed by atoms with E-state index in [0.29, 0.717) is 18.3 Å². The SMILES string of the molecule is C=C[C@]1(C)CC(O)C2C(=C)C(=O)OC2[C@H]1C(=C)C=O. The Bertz CT molecular complexity index is 479. The Balaban J connectivity index is 2.49. The third-order valence-corrected chi connectivity index (χ3v) is 4.38. The first kappa shape index (κ1) is 13.7. The number of hydrogen-bond acceptors (Lipinski definition) is 4. The zero-order valence-electron chi connectivity index (χ0n) is 11.0. The maximum Gasteiger partial charge on any atom is 0.334 e. The van der Waals surface area contributed by atoms with E-state index >= 15 is 0 Å². The number of esters is 1. The van der Waals surface area contributed by atoms with Crippen LogP contribution in [0.25, 0.3) is 0 Å². The van der Waals surface area contributed by atoms with Gasteiger partial charge in [-0.25, -0.2) is 4.79 Å². The Labute approximate surface area is 112 Å². The maximum atomic E-state index is 11.7. The van der Waals surface area contributed by atoms with Crippen LogP contribution in [-0.2, 0) is 14.3 Å². The van der Waals surface area contributed by atoms with Crippen LogP contribution in [-0.4, -0.2) is 29.6 Å². The molecule has 0 aromatic carbocycles. The summed E-state index contributed by atoms with van der Waals surface area (Å²) >= 11 is 0. The predicted octanol–water partition coefficient (Wildman–Crippen LogP) is 1.41. The number of aliphatic hydroxyl groups is 1. The molecule has 1 heterocycles. The summed E-state index contributed by atoms with van der Waals surface area (Å²) in [7, 11) is 0. The third kappa shape index (κ3) is 1.87. The van der Waals surface area contributed by atoms with Crippen molar-refractivity contribution >= 4 is 12.3 Å². The number of hydrogen-bond donors (Lipinski definition) is 1. The van der Waals surface area contributed by atoms with Crippen LogP contribution in [0.4, 0.5) is 0 Å². The second-order valence-electron chi connectivity index (χ2n) is 5.57. The fourth-order valence-electron chi connectivity index (χ4n) is 3.33. The van der Waals surface area contributed by atoms with Crippen LogP contribution in [0, 0.1) is 17.3 Å². The molecule has 0 spiro atoms. The Hall–Kier alpha value is -1.68. The summed E-state index contributed by atoms with van der Waals surface area (Å²) in [4.78, 5) is 22.7. The normalized spacial score (nSPS) is 41.4. The zero-order chi connectivity index (χ0) is 14.4. The van der Waals surface area contributed by atoms with Gasteiger partial charge in [-0.3, -0.25) is 4.79 Å². The van der Waals surface area contributed by atoms with Crippen molar-refractivity contribution in [1.29, 1.82) is 0 Å². The number of carbonyl (C=O) groups is 2. The quantitative estimate of drug-likeness (QED) is 0.361. The van der Waals surface area contributed by atoms with Gasteiger partial charge < -0.3 is 9.84 Å². The molecule has 19 heavy (non-hydrogen) atoms. The average Bonchev–Trinajstić information content (AvgIpc) is 2.65. The lowest BCUT2D eigenvalue weighted by atomic mass is 9.59. The highest BCUT2D eigenvalue weighted by Crippen LogP contribution is 2.52. The molecule has 1 aliphatic heterocycles. The van der Waals surface area contributed by atoms with Gasteiger partial charge in [0, 0.05) is 11.5 Å². The highest BCUT2D eigenvalue weighted by atomic mass is 16.6. The summed E-state index contributed by atoms with van der Waals surface area (Å²) in [6.07, 6.45) is 1.44. The lowest BCUT2D eigenvalue weighted by Crippen LogP contribution is -2.50. The van der Waals surface area contributed by atoms with Gasteiger partial charge in [-0.2, -0.15) is 0 Å². The van der Waals surface area contributed by atoms with Gasteiger partial charge in [0.2, 0.25) is 0 Å². The Morgan fingerprint density at radius 2 is 2.21 bits per heavy atom. The largest absolute Gasteiger partial charge is 0.458 e. The van der Waals surface area contributed by atoms with E-state index in [2.05, 4.69) is 19.7 Å². The van der Waals surface area contributed by atoms with Crippen LogP contribution in [0.3, 0.4) is 0 Å². The van der Waals surface area contributed by atoms with E-state index < -0.39 is 29.5 Å². The van der Waals surface area contributed by atoms with E-state index in [1.165, 1.54) is 0 Å². The molecule has 3 unspecified atom stereocenters. The first-order valence-electron chi connectivity index (χ1n) is 6.21. The predicted molar refractivity (Wildman–Crippen MR) is 70.1 cm³/mol. The fraction of sp³-hybridized carbons (Fsp3) is 0.467. The van der Waals surface area contributed by atoms with Gasteiger partial charge in [-0.05, 0) is 17.4 Å². The van der Waals surface area contributed by atoms with Crippen LogP contribution in [0.2, 0.25) is 0 Å². The van der Waals surface area contributed by atoms with Crippen LogP contribution in [0.5, 0.6) is 0 Å². The van der Waals surface area contributed by atoms with Gasteiger partial charge >= 0.3 is 5.97 Å². The van der Waals surface area contributed by atoms with Crippen molar-refractivity contribution in [2.75, 3.05) is 0 Å². The number of ether oxygens (including phenoxy) is 1. The summed E-state index contributed by atoms with van der Waals surface area (Å²) < 4.78 is 5.31. The minimum atomic E-state index is -0.734. The number of rotatable bonds is 3. The zero-order valence-corrected chi connectivity index (χ0v) is 11.0. The van der Waals surface area contributed by atoms with Crippen molar-refractivity contribution in [3.05, 3.63) is 37.0 Å². The van der Waals surface area contributed by atoms with Crippen molar-refractivity contribution in [2.24, 2.45) is 17.3 Å². The van der Waals surface area contributed by atoms with E-state index in [1.807, 2.05) is 6.92 Å². The molecule has 0 aromatic heterocycles. The van der Waals surface area contributed by atoms with Gasteiger partial charge in [-0.1, -0.05) is 26.2 Å². The molecule has 2 aliphatic rings. The molecule has 1 N–H and O–H groups in total. The molecule has 0 radical (unpaired) electrons. The lowest BCUT2D eigenvalue weighted by Gasteiger charge is -2.46. The van der Waals surface area contributed by atoms with E-state index in [1.54, 1.807) is 6.08 Å². The van der Waals surface area contributed by atoms with Gasteiger partial charge in [-0.15, -0.1) is 6.58 Å². The molecule has 1 aliphatic carbocycles. The summed E-state index contributed by atoms with van der Waals surface area (Å²) in [5.74, 6) is -1.35. The van der Waals surface area contributed by atoms with Crippen molar-refractivity contribution < 1.29 is 19.4 Å². The van der Waals surface area contributed by atoms with Gasteiger partial charge in [0.1, 0.15) is 12.4 Å². The average molecular weight is 262 g/mol. The maximum absolute atomic E-state index is 11.7. The second-order valence-corrected chi connectivity index (χ2v) is 5.57. The Kier molecular flexibility index (Phi) is 3.22. The molecule has 0 bridgehead atoms. The molecule has 102 valence electrons. The first-order valence-corrected chi connectivity index (χ1v) is 6.21. The molecule has 4 nitrogen and oxygen atoms in total. The molecule has 1 saturated carbocycles. The summed E-state index contributed by atoms with van der Waals surface area (Å²) in [5, 5.41) is 10.2. The summed E-state index contributed by atoms with van der Waals surface area (Å²) in [5.41, 5.74) is 0.0860. The standard InChI is InChI=1S/C15H18O4/c1-5-15(4)6-10(17)11-9(3)14(18)19-13(11)12(15)8(2)7-16/h5,7,10-13,17H,1-3,6H2,4H3/t10?,11?,12-,13?,15-/m1/s1. The minimum absolute atomic E-state index is 0.271. The highest BCUT2D eigenvalue weighted by Gasteiger charge is 2.57. The van der Waals surface area contributed by atoms with Gasteiger partial charge in [0.25, 0.3) is 0 Å². The van der Waals surface area contributed by atoms with Crippen LogP contribution in [0.1, 0.15) is 13.3 Å². The molecular weight excluding hydrogens is 244 g/mol. The molecule has 5 atom stereocenters. The lowest BCUT2D eigenvalue weighted by molar-refractivity contribution is -0.146. The van der Waals surface area contributed by atoms with E-state index in [4.69, 9.17) is 4.74 Å². The molecular formula is C15H18O4. The fourth-order valence-corrected chi connectivity index (χ4v) is 3.33. The monoisotopic (exact) mass is 262 g/mol. The molecule has 0 aromatic rings. The Morgan fingerprint density at radius 3 is 2.74 bits per heavy atom. The number of aliphatic hydroxyl groups excluding tert-OH is 1. The number of carbonyl (C=O) groups excluding carboxylic acids is 2. The number of allylic oxidation sites excluding steroid dienone is 1. The molecule has 0 amide bonds. The van der Waals surface area contributed by atoms with Crippen molar-refractivity contribution in [2.45, 2.75) is 25.6 Å². The summed E-state index contributed by atoms with van der Waals surface area (Å²) in [6, 6.07) is 0. The van der Waals surface area contributed by atoms with Crippen LogP contribution in [0.15, 0.2) is 37.0 Å². The summed E-state index contributed by atoms with van der Waals surface area (Å²) in [6.45, 7) is 13.1. The van der Waals surface area contributed by atoms with Crippen molar-refractivity contribution in [3.8, 4) is 0 Å². The van der Waals surface area contributed by atoms with E-state index in [9.17, 15) is 14.7 Å². The van der Waals surface area contributed by atoms with Gasteiger partial charge in [0.05, 0.1) is 12.0 Å². The molecule has 1 saturated heterocycles. The Morgan fingerprint density at radius 1 is 1.58 bits per heavy atom. The molecule has 2 fully saturated rings. The van der Waals surface area contributed by atoms with E-state index in [-0.39, 0.29) is 11.5 Å². The van der Waals surface area contributed by atoms with Crippen molar-refractivity contribution in [1.82, 2.24) is 0 Å². The van der Waals surface area contributed by atoms with Crippen molar-refractivity contribution in [3.63, 3.8) is 0 Å². The minimum Gasteiger partial charge on any atom is -0.458 e. The smallest absolute Gasteiger partial charge is 0.334 e.